The fourth-order valence-corrected chi connectivity index (χ4v) is 2.45. The smallest absolute Gasteiger partial charge is 0.355 e. The summed E-state index contributed by atoms with van der Waals surface area (Å²) in [6.45, 7) is 0. The average molecular weight is 394 g/mol. The lowest BCUT2D eigenvalue weighted by Gasteiger charge is -2.17. The molecule has 26 heavy (non-hydrogen) atoms. The molecule has 1 aromatic heterocycles. The van der Waals surface area contributed by atoms with Crippen molar-refractivity contribution in [3.8, 4) is 12.0 Å². The van der Waals surface area contributed by atoms with Crippen LogP contribution in [0.25, 0.3) is 0 Å². The fraction of sp³-hybridized carbons (Fsp3) is 0.308. The lowest BCUT2D eigenvalue weighted by atomic mass is 10.1. The van der Waals surface area contributed by atoms with E-state index in [2.05, 4.69) is 15.0 Å². The van der Waals surface area contributed by atoms with E-state index in [1.165, 1.54) is 18.9 Å². The van der Waals surface area contributed by atoms with Crippen molar-refractivity contribution in [2.75, 3.05) is 18.9 Å². The highest BCUT2D eigenvalue weighted by Crippen LogP contribution is 2.31. The van der Waals surface area contributed by atoms with Crippen molar-refractivity contribution in [3.05, 3.63) is 35.4 Å². The van der Waals surface area contributed by atoms with Crippen LogP contribution in [-0.2, 0) is 10.0 Å². The van der Waals surface area contributed by atoms with Gasteiger partial charge in [-0.05, 0) is 6.07 Å². The van der Waals surface area contributed by atoms with Gasteiger partial charge in [0.2, 0.25) is 0 Å². The van der Waals surface area contributed by atoms with Crippen LogP contribution in [0.4, 0.5) is 18.9 Å². The zero-order valence-electron chi connectivity index (χ0n) is 13.4. The molecule has 0 spiro atoms. The molecule has 2 N–H and O–H groups in total. The van der Waals surface area contributed by atoms with Crippen LogP contribution < -0.4 is 14.2 Å². The molecule has 1 unspecified atom stereocenters. The van der Waals surface area contributed by atoms with Crippen molar-refractivity contribution in [1.82, 2.24) is 15.0 Å². The lowest BCUT2D eigenvalue weighted by Crippen LogP contribution is -2.23. The maximum absolute atomic E-state index is 14.0. The van der Waals surface area contributed by atoms with E-state index in [9.17, 15) is 26.7 Å². The number of sulfonamides is 1. The van der Waals surface area contributed by atoms with Gasteiger partial charge in [0.15, 0.2) is 5.82 Å². The Labute approximate surface area is 145 Å². The zero-order chi connectivity index (χ0) is 19.5. The molecule has 1 aromatic carbocycles. The van der Waals surface area contributed by atoms with E-state index >= 15 is 0 Å². The Kier molecular flexibility index (Phi) is 5.82. The van der Waals surface area contributed by atoms with E-state index in [0.29, 0.717) is 0 Å². The minimum atomic E-state index is -5.17. The highest BCUT2D eigenvalue weighted by atomic mass is 32.2. The normalized spacial score (nSPS) is 12.7. The molecule has 9 nitrogen and oxygen atoms in total. The van der Waals surface area contributed by atoms with Gasteiger partial charge in [-0.25, -0.2) is 12.8 Å². The molecule has 1 heterocycles. The number of benzene rings is 1. The molecule has 1 atom stereocenters. The third kappa shape index (κ3) is 4.11. The van der Waals surface area contributed by atoms with Gasteiger partial charge in [0.1, 0.15) is 11.9 Å². The molecular weight excluding hydrogens is 381 g/mol. The second-order valence-corrected chi connectivity index (χ2v) is 6.33. The minimum absolute atomic E-state index is 0.239. The Bertz CT molecular complexity index is 875. The number of anilines is 1. The molecule has 0 aliphatic rings. The summed E-state index contributed by atoms with van der Waals surface area (Å²) in [5, 5.41) is 10.4. The van der Waals surface area contributed by atoms with Crippen LogP contribution in [0.15, 0.2) is 18.2 Å². The molecule has 0 saturated carbocycles. The van der Waals surface area contributed by atoms with Crippen LogP contribution in [0.1, 0.15) is 17.5 Å². The summed E-state index contributed by atoms with van der Waals surface area (Å²) in [6, 6.07) is 2.60. The highest BCUT2D eigenvalue weighted by Gasteiger charge is 2.29. The number of rotatable bonds is 7. The predicted octanol–water partition coefficient (Wildman–Crippen LogP) is 1.07. The SMILES string of the molecule is COc1nc(OC)nc(C(O)c2cccc(F)c2NS(=O)(=O)C(F)F)n1. The van der Waals surface area contributed by atoms with Crippen molar-refractivity contribution in [2.45, 2.75) is 11.9 Å². The van der Waals surface area contributed by atoms with Crippen LogP contribution >= 0.6 is 0 Å². The lowest BCUT2D eigenvalue weighted by molar-refractivity contribution is 0.204. The fourth-order valence-electron chi connectivity index (χ4n) is 1.86. The van der Waals surface area contributed by atoms with E-state index in [1.54, 1.807) is 0 Å². The van der Waals surface area contributed by atoms with Crippen molar-refractivity contribution in [2.24, 2.45) is 0 Å². The number of aromatic nitrogens is 3. The van der Waals surface area contributed by atoms with Crippen LogP contribution in [-0.4, -0.2) is 48.5 Å². The van der Waals surface area contributed by atoms with Gasteiger partial charge >= 0.3 is 17.8 Å². The first kappa shape index (κ1) is 19.7. The number of ether oxygens (including phenoxy) is 2. The molecule has 13 heteroatoms. The summed E-state index contributed by atoms with van der Waals surface area (Å²) < 4.78 is 73.0. The Hall–Kier alpha value is -2.67. The third-order valence-electron chi connectivity index (χ3n) is 3.04. The minimum Gasteiger partial charge on any atom is -0.467 e. The third-order valence-corrected chi connectivity index (χ3v) is 4.00. The van der Waals surface area contributed by atoms with E-state index in [1.807, 2.05) is 0 Å². The summed E-state index contributed by atoms with van der Waals surface area (Å²) >= 11 is 0. The van der Waals surface area contributed by atoms with Gasteiger partial charge in [0.25, 0.3) is 10.0 Å². The molecule has 0 aliphatic carbocycles. The molecule has 2 aromatic rings. The number of halogens is 3. The topological polar surface area (TPSA) is 124 Å². The zero-order valence-corrected chi connectivity index (χ0v) is 14.2. The standard InChI is InChI=1S/C13H13F3N4O5S/c1-24-12-17-10(18-13(19-12)25-2)9(21)6-4-3-5-7(14)8(6)20-26(22,23)11(15)16/h3-5,9,11,20-21H,1-2H3. The summed E-state index contributed by atoms with van der Waals surface area (Å²) in [4.78, 5) is 11.2. The summed E-state index contributed by atoms with van der Waals surface area (Å²) in [6.07, 6.45) is -1.80. The van der Waals surface area contributed by atoms with E-state index in [4.69, 9.17) is 9.47 Å². The number of hydrogen-bond acceptors (Lipinski definition) is 8. The van der Waals surface area contributed by atoms with Gasteiger partial charge < -0.3 is 14.6 Å². The monoisotopic (exact) mass is 394 g/mol. The van der Waals surface area contributed by atoms with Gasteiger partial charge in [-0.1, -0.05) is 12.1 Å². The average Bonchev–Trinajstić information content (AvgIpc) is 2.62. The van der Waals surface area contributed by atoms with E-state index in [-0.39, 0.29) is 17.8 Å². The Morgan fingerprint density at radius 2 is 1.69 bits per heavy atom. The number of aliphatic hydroxyl groups excluding tert-OH is 1. The number of nitrogens with one attached hydrogen (secondary N) is 1. The number of methoxy groups -OCH3 is 2. The maximum Gasteiger partial charge on any atom is 0.355 e. The Balaban J connectivity index is 2.54. The maximum atomic E-state index is 14.0. The van der Waals surface area contributed by atoms with Crippen LogP contribution in [0.3, 0.4) is 0 Å². The summed E-state index contributed by atoms with van der Waals surface area (Å²) in [7, 11) is -2.71. The van der Waals surface area contributed by atoms with Crippen LogP contribution in [0.2, 0.25) is 0 Å². The summed E-state index contributed by atoms with van der Waals surface area (Å²) in [5.41, 5.74) is -1.26. The molecule has 0 radical (unpaired) electrons. The molecule has 0 saturated heterocycles. The van der Waals surface area contributed by atoms with Gasteiger partial charge in [-0.3, -0.25) is 4.72 Å². The second-order valence-electron chi connectivity index (χ2n) is 4.68. The molecule has 0 bridgehead atoms. The van der Waals surface area contributed by atoms with Crippen molar-refractivity contribution < 1.29 is 36.2 Å². The molecule has 2 rings (SSSR count). The summed E-state index contributed by atoms with van der Waals surface area (Å²) in [5.74, 6) is -5.36. The molecule has 142 valence electrons. The van der Waals surface area contributed by atoms with Gasteiger partial charge in [-0.15, -0.1) is 4.98 Å². The quantitative estimate of drug-likeness (QED) is 0.715. The predicted molar refractivity (Wildman–Crippen MR) is 81.9 cm³/mol. The van der Waals surface area contributed by atoms with Crippen molar-refractivity contribution >= 4 is 15.7 Å². The number of nitrogens with zero attached hydrogens (tertiary/aromatic N) is 3. The second kappa shape index (κ2) is 7.70. The molecular formula is C13H13F3N4O5S. The van der Waals surface area contributed by atoms with E-state index in [0.717, 1.165) is 18.2 Å². The van der Waals surface area contributed by atoms with Gasteiger partial charge in [-0.2, -0.15) is 18.7 Å². The number of alkyl halides is 2. The number of aliphatic hydroxyl groups is 1. The Morgan fingerprint density at radius 3 is 2.19 bits per heavy atom. The van der Waals surface area contributed by atoms with Crippen molar-refractivity contribution in [3.63, 3.8) is 0 Å². The largest absolute Gasteiger partial charge is 0.467 e. The first-order valence-electron chi connectivity index (χ1n) is 6.79. The molecule has 0 amide bonds. The number of para-hydroxylation sites is 1. The van der Waals surface area contributed by atoms with E-state index < -0.39 is 39.0 Å². The van der Waals surface area contributed by atoms with Gasteiger partial charge in [0.05, 0.1) is 19.9 Å². The first-order valence-corrected chi connectivity index (χ1v) is 8.34. The molecule has 0 fully saturated rings. The van der Waals surface area contributed by atoms with Crippen molar-refractivity contribution in [1.29, 1.82) is 0 Å². The Morgan fingerprint density at radius 1 is 1.12 bits per heavy atom. The van der Waals surface area contributed by atoms with Crippen LogP contribution in [0, 0.1) is 5.82 Å². The number of hydrogen-bond donors (Lipinski definition) is 2. The molecule has 0 aliphatic heterocycles. The van der Waals surface area contributed by atoms with Crippen LogP contribution in [0.5, 0.6) is 12.0 Å². The highest BCUT2D eigenvalue weighted by molar-refractivity contribution is 7.93. The van der Waals surface area contributed by atoms with Gasteiger partial charge in [0, 0.05) is 5.56 Å². The first-order chi connectivity index (χ1) is 12.2.